The van der Waals surface area contributed by atoms with Gasteiger partial charge in [0.15, 0.2) is 0 Å². The van der Waals surface area contributed by atoms with Gasteiger partial charge in [-0.1, -0.05) is 18.2 Å². The van der Waals surface area contributed by atoms with Crippen molar-refractivity contribution in [1.29, 1.82) is 0 Å². The Balaban J connectivity index is 1.70. The Kier molecular flexibility index (Phi) is 5.80. The lowest BCUT2D eigenvalue weighted by Gasteiger charge is -2.32. The number of ether oxygens (including phenoxy) is 2. The van der Waals surface area contributed by atoms with Crippen LogP contribution in [0.25, 0.3) is 10.9 Å². The van der Waals surface area contributed by atoms with Crippen LogP contribution in [0.1, 0.15) is 16.8 Å². The second-order valence-corrected chi connectivity index (χ2v) is 6.46. The highest BCUT2D eigenvalue weighted by Gasteiger charge is 2.29. The van der Waals surface area contributed by atoms with E-state index in [4.69, 9.17) is 9.47 Å². The van der Waals surface area contributed by atoms with Crippen LogP contribution in [0.3, 0.4) is 0 Å². The number of carbonyl (C=O) groups is 2. The van der Waals surface area contributed by atoms with Gasteiger partial charge in [0.25, 0.3) is 5.91 Å². The molecule has 138 valence electrons. The minimum absolute atomic E-state index is 0.0361. The molecule has 3 rings (SSSR count). The number of rotatable bonds is 5. The Hall–Kier alpha value is -2.51. The average molecular weight is 357 g/mol. The van der Waals surface area contributed by atoms with Crippen molar-refractivity contribution in [2.75, 3.05) is 33.9 Å². The van der Waals surface area contributed by atoms with Gasteiger partial charge in [-0.3, -0.25) is 14.6 Å². The first kappa shape index (κ1) is 18.3. The quantitative estimate of drug-likeness (QED) is 0.870. The molecule has 0 radical (unpaired) electrons. The van der Waals surface area contributed by atoms with E-state index in [0.717, 1.165) is 10.9 Å². The van der Waals surface area contributed by atoms with Gasteiger partial charge in [-0.05, 0) is 18.6 Å². The molecule has 2 atom stereocenters. The molecule has 1 aliphatic rings. The highest BCUT2D eigenvalue weighted by atomic mass is 16.5. The van der Waals surface area contributed by atoms with Crippen molar-refractivity contribution in [3.05, 3.63) is 42.1 Å². The van der Waals surface area contributed by atoms with Crippen molar-refractivity contribution in [3.8, 4) is 0 Å². The van der Waals surface area contributed by atoms with E-state index in [0.29, 0.717) is 25.2 Å². The molecule has 2 amide bonds. The summed E-state index contributed by atoms with van der Waals surface area (Å²) >= 11 is 0. The topological polar surface area (TPSA) is 80.8 Å². The highest BCUT2D eigenvalue weighted by molar-refractivity contribution is 6.06. The number of nitrogens with zero attached hydrogens (tertiary/aromatic N) is 2. The predicted octanol–water partition coefficient (Wildman–Crippen LogP) is 1.23. The first-order valence-corrected chi connectivity index (χ1v) is 8.60. The van der Waals surface area contributed by atoms with E-state index < -0.39 is 0 Å². The maximum absolute atomic E-state index is 12.8. The van der Waals surface area contributed by atoms with Gasteiger partial charge < -0.3 is 19.7 Å². The molecule has 1 saturated heterocycles. The van der Waals surface area contributed by atoms with Crippen LogP contribution in [0, 0.1) is 0 Å². The van der Waals surface area contributed by atoms with Crippen LogP contribution in [0.15, 0.2) is 36.5 Å². The first-order chi connectivity index (χ1) is 12.6. The minimum Gasteiger partial charge on any atom is -0.379 e. The number of hydrogen-bond donors (Lipinski definition) is 1. The smallest absolute Gasteiger partial charge is 0.252 e. The molecular formula is C19H23N3O4. The molecule has 0 unspecified atom stereocenters. The summed E-state index contributed by atoms with van der Waals surface area (Å²) in [6.07, 6.45) is 1.91. The number of benzene rings is 1. The fraction of sp³-hybridized carbons (Fsp3) is 0.421. The summed E-state index contributed by atoms with van der Waals surface area (Å²) in [7, 11) is 3.35. The molecule has 1 aliphatic heterocycles. The van der Waals surface area contributed by atoms with Crippen LogP contribution < -0.4 is 5.32 Å². The number of pyridine rings is 1. The molecule has 1 aromatic carbocycles. The third kappa shape index (κ3) is 4.17. The molecule has 1 aromatic heterocycles. The van der Waals surface area contributed by atoms with Gasteiger partial charge >= 0.3 is 0 Å². The number of para-hydroxylation sites is 1. The SMILES string of the molecule is CN(C)C(=O)CO[C@@H]1COCC[C@H]1NC(=O)c1ccnc2ccccc12. The normalized spacial score (nSPS) is 19.9. The van der Waals surface area contributed by atoms with E-state index in [9.17, 15) is 9.59 Å². The average Bonchev–Trinajstić information content (AvgIpc) is 2.66. The Morgan fingerprint density at radius 3 is 2.92 bits per heavy atom. The third-order valence-corrected chi connectivity index (χ3v) is 4.43. The van der Waals surface area contributed by atoms with Crippen LogP contribution in [0.5, 0.6) is 0 Å². The maximum Gasteiger partial charge on any atom is 0.252 e. The Morgan fingerprint density at radius 2 is 2.12 bits per heavy atom. The standard InChI is InChI=1S/C19H23N3O4/c1-22(2)18(23)12-26-17-11-25-10-8-16(17)21-19(24)14-7-9-20-15-6-4-3-5-13(14)15/h3-7,9,16-17H,8,10-12H2,1-2H3,(H,21,24)/t16-,17-/m1/s1. The maximum atomic E-state index is 12.8. The van der Waals surface area contributed by atoms with Gasteiger partial charge in [0.05, 0.1) is 23.7 Å². The molecule has 0 saturated carbocycles. The number of fused-ring (bicyclic) bond motifs is 1. The van der Waals surface area contributed by atoms with Crippen molar-refractivity contribution < 1.29 is 19.1 Å². The number of amides is 2. The van der Waals surface area contributed by atoms with Crippen molar-refractivity contribution >= 4 is 22.7 Å². The third-order valence-electron chi connectivity index (χ3n) is 4.43. The summed E-state index contributed by atoms with van der Waals surface area (Å²) in [5.41, 5.74) is 1.35. The number of hydrogen-bond acceptors (Lipinski definition) is 5. The zero-order chi connectivity index (χ0) is 18.5. The Morgan fingerprint density at radius 1 is 1.31 bits per heavy atom. The lowest BCUT2D eigenvalue weighted by molar-refractivity contribution is -0.140. The first-order valence-electron chi connectivity index (χ1n) is 8.60. The molecule has 0 spiro atoms. The largest absolute Gasteiger partial charge is 0.379 e. The van der Waals surface area contributed by atoms with Crippen LogP contribution in [-0.2, 0) is 14.3 Å². The van der Waals surface area contributed by atoms with Crippen molar-refractivity contribution in [2.45, 2.75) is 18.6 Å². The molecule has 2 heterocycles. The van der Waals surface area contributed by atoms with Gasteiger partial charge in [0.2, 0.25) is 5.91 Å². The second-order valence-electron chi connectivity index (χ2n) is 6.46. The van der Waals surface area contributed by atoms with Crippen LogP contribution in [-0.4, -0.2) is 67.8 Å². The molecule has 26 heavy (non-hydrogen) atoms. The molecule has 7 heteroatoms. The minimum atomic E-state index is -0.357. The molecule has 1 fully saturated rings. The molecule has 0 bridgehead atoms. The van der Waals surface area contributed by atoms with Crippen molar-refractivity contribution in [1.82, 2.24) is 15.2 Å². The van der Waals surface area contributed by atoms with Gasteiger partial charge in [0.1, 0.15) is 12.7 Å². The van der Waals surface area contributed by atoms with E-state index in [2.05, 4.69) is 10.3 Å². The molecular weight excluding hydrogens is 334 g/mol. The van der Waals surface area contributed by atoms with E-state index in [1.807, 2.05) is 24.3 Å². The Bertz CT molecular complexity index is 788. The van der Waals surface area contributed by atoms with Gasteiger partial charge in [-0.25, -0.2) is 0 Å². The zero-order valence-electron chi connectivity index (χ0n) is 15.0. The van der Waals surface area contributed by atoms with Crippen molar-refractivity contribution in [3.63, 3.8) is 0 Å². The molecule has 7 nitrogen and oxygen atoms in total. The monoisotopic (exact) mass is 357 g/mol. The van der Waals surface area contributed by atoms with E-state index in [1.165, 1.54) is 4.90 Å². The van der Waals surface area contributed by atoms with Crippen LogP contribution in [0.2, 0.25) is 0 Å². The van der Waals surface area contributed by atoms with Gasteiger partial charge in [-0.15, -0.1) is 0 Å². The number of aromatic nitrogens is 1. The van der Waals surface area contributed by atoms with E-state index in [1.54, 1.807) is 26.4 Å². The Labute approximate surface area is 152 Å². The number of nitrogens with one attached hydrogen (secondary N) is 1. The lowest BCUT2D eigenvalue weighted by atomic mass is 10.0. The number of likely N-dealkylation sites (N-methyl/N-ethyl adjacent to an activating group) is 1. The highest BCUT2D eigenvalue weighted by Crippen LogP contribution is 2.18. The molecule has 2 aromatic rings. The zero-order valence-corrected chi connectivity index (χ0v) is 15.0. The van der Waals surface area contributed by atoms with Gasteiger partial charge in [0, 0.05) is 32.3 Å². The van der Waals surface area contributed by atoms with E-state index in [-0.39, 0.29) is 30.6 Å². The molecule has 1 N–H and O–H groups in total. The summed E-state index contributed by atoms with van der Waals surface area (Å²) in [6.45, 7) is 0.859. The summed E-state index contributed by atoms with van der Waals surface area (Å²) in [5.74, 6) is -0.302. The van der Waals surface area contributed by atoms with E-state index >= 15 is 0 Å². The summed E-state index contributed by atoms with van der Waals surface area (Å²) in [6, 6.07) is 9.03. The van der Waals surface area contributed by atoms with Gasteiger partial charge in [-0.2, -0.15) is 0 Å². The fourth-order valence-electron chi connectivity index (χ4n) is 2.89. The fourth-order valence-corrected chi connectivity index (χ4v) is 2.89. The number of carbonyl (C=O) groups excluding carboxylic acids is 2. The second kappa shape index (κ2) is 8.25. The summed E-state index contributed by atoms with van der Waals surface area (Å²) in [4.78, 5) is 30.3. The van der Waals surface area contributed by atoms with Crippen LogP contribution >= 0.6 is 0 Å². The summed E-state index contributed by atoms with van der Waals surface area (Å²) < 4.78 is 11.2. The van der Waals surface area contributed by atoms with Crippen LogP contribution in [0.4, 0.5) is 0 Å². The van der Waals surface area contributed by atoms with Crippen molar-refractivity contribution in [2.24, 2.45) is 0 Å². The lowest BCUT2D eigenvalue weighted by Crippen LogP contribution is -2.50. The summed E-state index contributed by atoms with van der Waals surface area (Å²) in [5, 5.41) is 3.84. The molecule has 0 aliphatic carbocycles. The predicted molar refractivity (Wildman–Crippen MR) is 96.9 cm³/mol.